The third kappa shape index (κ3) is 4.76. The molecule has 1 aliphatic heterocycles. The van der Waals surface area contributed by atoms with E-state index < -0.39 is 17.9 Å². The number of carbonyl (C=O) groups excluding carboxylic acids is 2. The second kappa shape index (κ2) is 9.67. The second-order valence-corrected chi connectivity index (χ2v) is 6.21. The first-order valence-electron chi connectivity index (χ1n) is 8.82. The second-order valence-electron chi connectivity index (χ2n) is 6.21. The molecule has 150 valence electrons. The van der Waals surface area contributed by atoms with Crippen LogP contribution in [0.5, 0.6) is 5.75 Å². The molecule has 2 atom stereocenters. The van der Waals surface area contributed by atoms with E-state index in [-0.39, 0.29) is 18.5 Å². The van der Waals surface area contributed by atoms with E-state index in [1.165, 1.54) is 10.8 Å². The Hall–Kier alpha value is -3.17. The quantitative estimate of drug-likeness (QED) is 0.268. The smallest absolute Gasteiger partial charge is 0.248 e. The molecule has 2 unspecified atom stereocenters. The standard InChI is InChI=1S/C11H10O.C8H16N6O2/c1-12-11-8-4-6-9-5-2-3-7-10(9)11;9-3-5(15)14-4(6(10)7(14)16)1-2-13-8(11)12/h2-8H,1H3;4,6H,1-3,9-10H2,(H4,11,12,13). The Labute approximate surface area is 163 Å². The van der Waals surface area contributed by atoms with Crippen LogP contribution in [0.25, 0.3) is 10.8 Å². The van der Waals surface area contributed by atoms with Crippen molar-refractivity contribution in [3.63, 3.8) is 0 Å². The largest absolute Gasteiger partial charge is 0.496 e. The molecule has 0 spiro atoms. The molecule has 9 heteroatoms. The van der Waals surface area contributed by atoms with Crippen LogP contribution in [0.15, 0.2) is 42.5 Å². The number of likely N-dealkylation sites (tertiary alicyclic amines) is 1. The van der Waals surface area contributed by atoms with Gasteiger partial charge >= 0.3 is 0 Å². The van der Waals surface area contributed by atoms with Crippen molar-refractivity contribution in [3.8, 4) is 5.75 Å². The third-order valence-electron chi connectivity index (χ3n) is 4.44. The molecule has 2 amide bonds. The number of methoxy groups -OCH3 is 1. The molecular formula is C19H26N6O3. The van der Waals surface area contributed by atoms with E-state index >= 15 is 0 Å². The van der Waals surface area contributed by atoms with Crippen molar-refractivity contribution in [1.82, 2.24) is 10.2 Å². The molecular weight excluding hydrogens is 360 g/mol. The normalized spacial score (nSPS) is 18.0. The summed E-state index contributed by atoms with van der Waals surface area (Å²) < 4.78 is 5.23. The van der Waals surface area contributed by atoms with Crippen LogP contribution in [-0.2, 0) is 9.59 Å². The molecule has 2 aromatic carbocycles. The van der Waals surface area contributed by atoms with E-state index in [0.29, 0.717) is 13.0 Å². The molecule has 1 saturated heterocycles. The van der Waals surface area contributed by atoms with Crippen molar-refractivity contribution in [2.24, 2.45) is 17.2 Å². The minimum atomic E-state index is -0.663. The van der Waals surface area contributed by atoms with Crippen molar-refractivity contribution in [1.29, 1.82) is 5.41 Å². The number of carbonyl (C=O) groups is 2. The highest BCUT2D eigenvalue weighted by atomic mass is 16.5. The molecule has 28 heavy (non-hydrogen) atoms. The molecule has 0 bridgehead atoms. The van der Waals surface area contributed by atoms with Gasteiger partial charge in [-0.2, -0.15) is 0 Å². The summed E-state index contributed by atoms with van der Waals surface area (Å²) in [6.45, 7) is 0.171. The fraction of sp³-hybridized carbons (Fsp3) is 0.316. The zero-order valence-electron chi connectivity index (χ0n) is 15.7. The van der Waals surface area contributed by atoms with E-state index in [4.69, 9.17) is 27.3 Å². The highest BCUT2D eigenvalue weighted by Crippen LogP contribution is 2.24. The molecule has 1 fully saturated rings. The van der Waals surface area contributed by atoms with Gasteiger partial charge < -0.3 is 27.3 Å². The zero-order chi connectivity index (χ0) is 20.7. The van der Waals surface area contributed by atoms with E-state index in [1.54, 1.807) is 7.11 Å². The van der Waals surface area contributed by atoms with Gasteiger partial charge in [-0.05, 0) is 17.9 Å². The van der Waals surface area contributed by atoms with Crippen LogP contribution in [0.2, 0.25) is 0 Å². The van der Waals surface area contributed by atoms with Gasteiger partial charge in [0.15, 0.2) is 5.96 Å². The SMILES string of the molecule is COc1cccc2ccccc12.N=C(N)NCCC1C(N)C(=O)N1C(=O)CN. The fourth-order valence-electron chi connectivity index (χ4n) is 3.01. The van der Waals surface area contributed by atoms with Gasteiger partial charge in [-0.15, -0.1) is 0 Å². The van der Waals surface area contributed by atoms with Gasteiger partial charge in [0.25, 0.3) is 0 Å². The summed E-state index contributed by atoms with van der Waals surface area (Å²) in [5.41, 5.74) is 15.8. The summed E-state index contributed by atoms with van der Waals surface area (Å²) in [5.74, 6) is -0.0492. The number of ether oxygens (including phenoxy) is 1. The maximum Gasteiger partial charge on any atom is 0.248 e. The molecule has 3 rings (SSSR count). The number of nitrogens with one attached hydrogen (secondary N) is 2. The van der Waals surface area contributed by atoms with E-state index in [9.17, 15) is 9.59 Å². The summed E-state index contributed by atoms with van der Waals surface area (Å²) in [4.78, 5) is 23.7. The van der Waals surface area contributed by atoms with Gasteiger partial charge in [0, 0.05) is 11.9 Å². The van der Waals surface area contributed by atoms with Gasteiger partial charge in [0.2, 0.25) is 11.8 Å². The number of β-lactam (4-membered cyclic amide) rings is 1. The molecule has 1 aliphatic rings. The van der Waals surface area contributed by atoms with Crippen molar-refractivity contribution in [2.45, 2.75) is 18.5 Å². The first kappa shape index (κ1) is 21.1. The summed E-state index contributed by atoms with van der Waals surface area (Å²) in [6.07, 6.45) is 0.457. The summed E-state index contributed by atoms with van der Waals surface area (Å²) >= 11 is 0. The number of benzene rings is 2. The number of rotatable bonds is 5. The molecule has 0 radical (unpaired) electrons. The topological polar surface area (TPSA) is 161 Å². The maximum absolute atomic E-state index is 11.3. The van der Waals surface area contributed by atoms with Crippen molar-refractivity contribution >= 4 is 28.5 Å². The molecule has 0 aliphatic carbocycles. The lowest BCUT2D eigenvalue weighted by Crippen LogP contribution is -2.71. The van der Waals surface area contributed by atoms with Crippen LogP contribution in [0, 0.1) is 5.41 Å². The average molecular weight is 386 g/mol. The monoisotopic (exact) mass is 386 g/mol. The van der Waals surface area contributed by atoms with Crippen LogP contribution in [0.4, 0.5) is 0 Å². The van der Waals surface area contributed by atoms with Crippen LogP contribution in [0.1, 0.15) is 6.42 Å². The van der Waals surface area contributed by atoms with Gasteiger partial charge in [-0.1, -0.05) is 36.4 Å². The average Bonchev–Trinajstić information content (AvgIpc) is 2.72. The predicted molar refractivity (Wildman–Crippen MR) is 108 cm³/mol. The number of hydrogen-bond donors (Lipinski definition) is 5. The number of guanidine groups is 1. The van der Waals surface area contributed by atoms with E-state index in [2.05, 4.69) is 23.5 Å². The first-order chi connectivity index (χ1) is 13.4. The number of imide groups is 1. The molecule has 0 saturated carbocycles. The summed E-state index contributed by atoms with van der Waals surface area (Å²) in [5, 5.41) is 11.9. The third-order valence-corrected chi connectivity index (χ3v) is 4.44. The molecule has 0 aromatic heterocycles. The Morgan fingerprint density at radius 1 is 1.25 bits per heavy atom. The Kier molecular flexibility index (Phi) is 7.30. The van der Waals surface area contributed by atoms with E-state index in [0.717, 1.165) is 10.6 Å². The van der Waals surface area contributed by atoms with Crippen LogP contribution in [-0.4, -0.2) is 55.0 Å². The van der Waals surface area contributed by atoms with Gasteiger partial charge in [-0.25, -0.2) is 0 Å². The first-order valence-corrected chi connectivity index (χ1v) is 8.82. The van der Waals surface area contributed by atoms with Crippen LogP contribution < -0.4 is 27.3 Å². The Balaban J connectivity index is 0.000000207. The molecule has 2 aromatic rings. The van der Waals surface area contributed by atoms with Gasteiger partial charge in [0.05, 0.1) is 19.7 Å². The summed E-state index contributed by atoms with van der Waals surface area (Å²) in [7, 11) is 1.70. The number of hydrogen-bond acceptors (Lipinski definition) is 6. The maximum atomic E-state index is 11.3. The van der Waals surface area contributed by atoms with Crippen molar-refractivity contribution in [3.05, 3.63) is 42.5 Å². The molecule has 9 nitrogen and oxygen atoms in total. The highest BCUT2D eigenvalue weighted by molar-refractivity contribution is 6.04. The van der Waals surface area contributed by atoms with Crippen LogP contribution in [0.3, 0.4) is 0 Å². The van der Waals surface area contributed by atoms with E-state index in [1.807, 2.05) is 24.3 Å². The fourth-order valence-corrected chi connectivity index (χ4v) is 3.01. The highest BCUT2D eigenvalue weighted by Gasteiger charge is 2.47. The number of amides is 2. The Bertz CT molecular complexity index is 843. The van der Waals surface area contributed by atoms with Crippen molar-refractivity contribution < 1.29 is 14.3 Å². The van der Waals surface area contributed by atoms with Crippen molar-refractivity contribution in [2.75, 3.05) is 20.2 Å². The van der Waals surface area contributed by atoms with Gasteiger partial charge in [-0.3, -0.25) is 19.9 Å². The lowest BCUT2D eigenvalue weighted by Gasteiger charge is -2.43. The number of nitrogens with two attached hydrogens (primary N) is 3. The lowest BCUT2D eigenvalue weighted by atomic mass is 9.92. The minimum absolute atomic E-state index is 0.157. The lowest BCUT2D eigenvalue weighted by molar-refractivity contribution is -0.160. The minimum Gasteiger partial charge on any atom is -0.496 e. The number of nitrogens with zero attached hydrogens (tertiary/aromatic N) is 1. The van der Waals surface area contributed by atoms with Crippen LogP contribution >= 0.6 is 0 Å². The zero-order valence-corrected chi connectivity index (χ0v) is 15.7. The van der Waals surface area contributed by atoms with Gasteiger partial charge in [0.1, 0.15) is 11.8 Å². The Morgan fingerprint density at radius 2 is 1.93 bits per heavy atom. The molecule has 1 heterocycles. The molecule has 8 N–H and O–H groups in total. The Morgan fingerprint density at radius 3 is 2.57 bits per heavy atom. The number of fused-ring (bicyclic) bond motifs is 1. The predicted octanol–water partition coefficient (Wildman–Crippen LogP) is -0.269. The summed E-state index contributed by atoms with van der Waals surface area (Å²) in [6, 6.07) is 13.2.